The molecule has 0 bridgehead atoms. The Balaban J connectivity index is 1.72. The summed E-state index contributed by atoms with van der Waals surface area (Å²) in [6.07, 6.45) is 2.15. The number of hydrogen-bond donors (Lipinski definition) is 1. The van der Waals surface area contributed by atoms with Crippen molar-refractivity contribution in [1.82, 2.24) is 24.8 Å². The van der Waals surface area contributed by atoms with Gasteiger partial charge in [0, 0.05) is 38.0 Å². The first-order chi connectivity index (χ1) is 12.4. The lowest BCUT2D eigenvalue weighted by atomic mass is 9.94. The van der Waals surface area contributed by atoms with Gasteiger partial charge in [-0.15, -0.1) is 11.3 Å². The number of likely N-dealkylation sites (tertiary alicyclic amines) is 1. The summed E-state index contributed by atoms with van der Waals surface area (Å²) in [7, 11) is 3.60. The smallest absolute Gasteiger partial charge is 0.236 e. The highest BCUT2D eigenvalue weighted by Crippen LogP contribution is 2.28. The Hall–Kier alpha value is -2.06. The molecule has 0 saturated carbocycles. The van der Waals surface area contributed by atoms with E-state index >= 15 is 0 Å². The van der Waals surface area contributed by atoms with Gasteiger partial charge in [0.15, 0.2) is 5.13 Å². The van der Waals surface area contributed by atoms with Gasteiger partial charge in [-0.25, -0.2) is 15.0 Å². The van der Waals surface area contributed by atoms with Crippen LogP contribution >= 0.6 is 11.3 Å². The van der Waals surface area contributed by atoms with Gasteiger partial charge in [0.25, 0.3) is 0 Å². The number of carbonyl (C=O) groups is 1. The molecule has 1 aliphatic heterocycles. The lowest BCUT2D eigenvalue weighted by molar-refractivity contribution is -0.130. The summed E-state index contributed by atoms with van der Waals surface area (Å²) in [5.74, 6) is 1.99. The van der Waals surface area contributed by atoms with E-state index in [0.29, 0.717) is 12.5 Å². The van der Waals surface area contributed by atoms with Crippen LogP contribution in [-0.4, -0.2) is 64.4 Å². The summed E-state index contributed by atoms with van der Waals surface area (Å²) in [5.41, 5.74) is 2.03. The van der Waals surface area contributed by atoms with Crippen molar-refractivity contribution in [3.8, 4) is 0 Å². The number of aromatic nitrogens is 3. The zero-order valence-electron chi connectivity index (χ0n) is 15.8. The molecule has 1 aliphatic rings. The predicted molar refractivity (Wildman–Crippen MR) is 104 cm³/mol. The average molecular weight is 375 g/mol. The molecule has 140 valence electrons. The molecule has 1 saturated heterocycles. The first-order valence-corrected chi connectivity index (χ1v) is 9.76. The molecule has 1 N–H and O–H groups in total. The van der Waals surface area contributed by atoms with Crippen LogP contribution in [-0.2, 0) is 4.79 Å². The van der Waals surface area contributed by atoms with E-state index in [0.717, 1.165) is 54.1 Å². The molecule has 0 aromatic carbocycles. The monoisotopic (exact) mass is 374 g/mol. The Morgan fingerprint density at radius 2 is 2.15 bits per heavy atom. The van der Waals surface area contributed by atoms with Crippen LogP contribution in [0.5, 0.6) is 0 Å². The van der Waals surface area contributed by atoms with E-state index in [1.807, 2.05) is 25.3 Å². The van der Waals surface area contributed by atoms with Crippen molar-refractivity contribution in [1.29, 1.82) is 0 Å². The van der Waals surface area contributed by atoms with E-state index in [1.54, 1.807) is 30.3 Å². The predicted octanol–water partition coefficient (Wildman–Crippen LogP) is 2.56. The minimum atomic E-state index is 0.144. The van der Waals surface area contributed by atoms with Crippen LogP contribution in [0.3, 0.4) is 0 Å². The standard InChI is InChI=1S/C18H26N6OS/c1-12-11-26-18(19-12)22-16-8-15(20-13(2)21-16)14-6-5-7-24(9-14)10-17(25)23(3)4/h8,11,14H,5-7,9-10H2,1-4H3,(H,19,20,21,22). The number of thiazole rings is 1. The molecule has 1 fully saturated rings. The normalized spacial score (nSPS) is 17.9. The third-order valence-corrected chi connectivity index (χ3v) is 5.37. The fourth-order valence-corrected chi connectivity index (χ4v) is 3.85. The molecule has 1 atom stereocenters. The highest BCUT2D eigenvalue weighted by atomic mass is 32.1. The number of rotatable bonds is 5. The van der Waals surface area contributed by atoms with Gasteiger partial charge >= 0.3 is 0 Å². The zero-order chi connectivity index (χ0) is 18.7. The number of nitrogens with one attached hydrogen (secondary N) is 1. The minimum absolute atomic E-state index is 0.144. The first-order valence-electron chi connectivity index (χ1n) is 8.88. The summed E-state index contributed by atoms with van der Waals surface area (Å²) in [4.78, 5) is 29.5. The van der Waals surface area contributed by atoms with Gasteiger partial charge in [-0.1, -0.05) is 0 Å². The molecule has 3 rings (SSSR count). The highest BCUT2D eigenvalue weighted by Gasteiger charge is 2.25. The topological polar surface area (TPSA) is 74.2 Å². The summed E-state index contributed by atoms with van der Waals surface area (Å²) >= 11 is 1.57. The maximum atomic E-state index is 12.0. The molecule has 1 amide bonds. The summed E-state index contributed by atoms with van der Waals surface area (Å²) in [5, 5.41) is 6.14. The number of aryl methyl sites for hydroxylation is 2. The highest BCUT2D eigenvalue weighted by molar-refractivity contribution is 7.13. The first kappa shape index (κ1) is 18.7. The number of anilines is 2. The fraction of sp³-hybridized carbons (Fsp3) is 0.556. The van der Waals surface area contributed by atoms with Crippen molar-refractivity contribution in [3.05, 3.63) is 28.7 Å². The van der Waals surface area contributed by atoms with E-state index in [4.69, 9.17) is 0 Å². The van der Waals surface area contributed by atoms with Crippen LogP contribution in [0.1, 0.15) is 36.0 Å². The van der Waals surface area contributed by atoms with Gasteiger partial charge in [0.05, 0.1) is 17.9 Å². The van der Waals surface area contributed by atoms with Crippen molar-refractivity contribution >= 4 is 28.2 Å². The molecule has 26 heavy (non-hydrogen) atoms. The van der Waals surface area contributed by atoms with E-state index in [1.165, 1.54) is 0 Å². The molecular formula is C18H26N6OS. The molecular weight excluding hydrogens is 348 g/mol. The molecule has 2 aromatic rings. The van der Waals surface area contributed by atoms with E-state index in [9.17, 15) is 4.79 Å². The molecule has 7 nitrogen and oxygen atoms in total. The largest absolute Gasteiger partial charge is 0.348 e. The number of amides is 1. The van der Waals surface area contributed by atoms with E-state index in [2.05, 4.69) is 25.2 Å². The lowest BCUT2D eigenvalue weighted by Gasteiger charge is -2.32. The van der Waals surface area contributed by atoms with Crippen LogP contribution < -0.4 is 5.32 Å². The van der Waals surface area contributed by atoms with Gasteiger partial charge in [-0.05, 0) is 33.2 Å². The van der Waals surface area contributed by atoms with Gasteiger partial charge in [0.1, 0.15) is 11.6 Å². The van der Waals surface area contributed by atoms with Gasteiger partial charge in [-0.2, -0.15) is 0 Å². The summed E-state index contributed by atoms with van der Waals surface area (Å²) < 4.78 is 0. The summed E-state index contributed by atoms with van der Waals surface area (Å²) in [6.45, 7) is 6.18. The minimum Gasteiger partial charge on any atom is -0.348 e. The van der Waals surface area contributed by atoms with Crippen LogP contribution in [0.4, 0.5) is 10.9 Å². The fourth-order valence-electron chi connectivity index (χ4n) is 3.16. The van der Waals surface area contributed by atoms with Crippen LogP contribution in [0, 0.1) is 13.8 Å². The molecule has 1 unspecified atom stereocenters. The van der Waals surface area contributed by atoms with Crippen molar-refractivity contribution in [2.24, 2.45) is 0 Å². The van der Waals surface area contributed by atoms with Crippen LogP contribution in [0.2, 0.25) is 0 Å². The maximum Gasteiger partial charge on any atom is 0.236 e. The number of piperidine rings is 1. The maximum absolute atomic E-state index is 12.0. The molecule has 3 heterocycles. The number of nitrogens with zero attached hydrogens (tertiary/aromatic N) is 5. The van der Waals surface area contributed by atoms with Crippen molar-refractivity contribution in [3.63, 3.8) is 0 Å². The Bertz CT molecular complexity index is 775. The van der Waals surface area contributed by atoms with Crippen molar-refractivity contribution < 1.29 is 4.79 Å². The van der Waals surface area contributed by atoms with Gasteiger partial charge in [-0.3, -0.25) is 9.69 Å². The zero-order valence-corrected chi connectivity index (χ0v) is 16.6. The average Bonchev–Trinajstić information content (AvgIpc) is 2.99. The molecule has 0 spiro atoms. The second-order valence-electron chi connectivity index (χ2n) is 7.01. The van der Waals surface area contributed by atoms with Gasteiger partial charge in [0.2, 0.25) is 5.91 Å². The second-order valence-corrected chi connectivity index (χ2v) is 7.86. The quantitative estimate of drug-likeness (QED) is 0.867. The molecule has 0 radical (unpaired) electrons. The molecule has 2 aromatic heterocycles. The lowest BCUT2D eigenvalue weighted by Crippen LogP contribution is -2.41. The number of likely N-dealkylation sites (N-methyl/N-ethyl adjacent to an activating group) is 1. The third-order valence-electron chi connectivity index (χ3n) is 4.49. The van der Waals surface area contributed by atoms with Crippen LogP contribution in [0.15, 0.2) is 11.4 Å². The molecule has 8 heteroatoms. The Morgan fingerprint density at radius 3 is 2.85 bits per heavy atom. The third kappa shape index (κ3) is 4.76. The van der Waals surface area contributed by atoms with Crippen molar-refractivity contribution in [2.75, 3.05) is 39.0 Å². The summed E-state index contributed by atoms with van der Waals surface area (Å²) in [6, 6.07) is 2.02. The van der Waals surface area contributed by atoms with Gasteiger partial charge < -0.3 is 10.2 Å². The number of hydrogen-bond acceptors (Lipinski definition) is 7. The second kappa shape index (κ2) is 8.09. The molecule has 0 aliphatic carbocycles. The SMILES string of the molecule is Cc1csc(Nc2cc(C3CCCN(CC(=O)N(C)C)C3)nc(C)n2)n1. The van der Waals surface area contributed by atoms with Crippen LogP contribution in [0.25, 0.3) is 0 Å². The Morgan fingerprint density at radius 1 is 1.35 bits per heavy atom. The van der Waals surface area contributed by atoms with E-state index < -0.39 is 0 Å². The Kier molecular flexibility index (Phi) is 5.83. The number of carbonyl (C=O) groups excluding carboxylic acids is 1. The van der Waals surface area contributed by atoms with E-state index in [-0.39, 0.29) is 5.91 Å². The Labute approximate surface area is 158 Å². The van der Waals surface area contributed by atoms with Crippen molar-refractivity contribution in [2.45, 2.75) is 32.6 Å².